The molecule has 0 fully saturated rings. The summed E-state index contributed by atoms with van der Waals surface area (Å²) in [5.74, 6) is 0.115. The lowest BCUT2D eigenvalue weighted by Gasteiger charge is -2.04. The van der Waals surface area contributed by atoms with Crippen LogP contribution < -0.4 is 0 Å². The topological polar surface area (TPSA) is 34.1 Å². The van der Waals surface area contributed by atoms with Crippen molar-refractivity contribution < 1.29 is 8.42 Å². The second-order valence-electron chi connectivity index (χ2n) is 4.11. The molecule has 0 aromatic heterocycles. The molecule has 2 nitrogen and oxygen atoms in total. The minimum atomic E-state index is -2.36. The van der Waals surface area contributed by atoms with Crippen molar-refractivity contribution in [2.24, 2.45) is 0 Å². The van der Waals surface area contributed by atoms with E-state index in [0.717, 1.165) is 22.0 Å². The fraction of sp³-hybridized carbons (Fsp3) is 0.143. The van der Waals surface area contributed by atoms with Crippen molar-refractivity contribution in [3.05, 3.63) is 69.7 Å². The quantitative estimate of drug-likeness (QED) is 0.876. The van der Waals surface area contributed by atoms with Gasteiger partial charge in [0.05, 0.1) is 5.75 Å². The van der Waals surface area contributed by atoms with Gasteiger partial charge in [-0.1, -0.05) is 52.3 Å². The summed E-state index contributed by atoms with van der Waals surface area (Å²) < 4.78 is 22.5. The van der Waals surface area contributed by atoms with Crippen LogP contribution in [0.25, 0.3) is 0 Å². The maximum Gasteiger partial charge on any atom is 0.144 e. The van der Waals surface area contributed by atoms with Gasteiger partial charge in [-0.2, -0.15) is 0 Å². The Morgan fingerprint density at radius 2 is 1.56 bits per heavy atom. The lowest BCUT2D eigenvalue weighted by atomic mass is 10.0. The molecule has 0 radical (unpaired) electrons. The molecular formula is C14H13BrO2S. The smallest absolute Gasteiger partial charge is 0.144 e. The van der Waals surface area contributed by atoms with Gasteiger partial charge in [-0.15, -0.1) is 0 Å². The molecule has 2 aromatic rings. The van der Waals surface area contributed by atoms with Crippen LogP contribution in [0.4, 0.5) is 0 Å². The molecule has 0 aliphatic heterocycles. The minimum Gasteiger partial charge on any atom is -0.232 e. The van der Waals surface area contributed by atoms with Gasteiger partial charge in [-0.3, -0.25) is 0 Å². The Morgan fingerprint density at radius 3 is 2.22 bits per heavy atom. The van der Waals surface area contributed by atoms with E-state index >= 15 is 0 Å². The molecule has 0 aliphatic rings. The first-order chi connectivity index (χ1) is 8.63. The van der Waals surface area contributed by atoms with Crippen LogP contribution in [0.1, 0.15) is 16.7 Å². The minimum absolute atomic E-state index is 0.115. The third kappa shape index (κ3) is 3.96. The van der Waals surface area contributed by atoms with Gasteiger partial charge in [0.2, 0.25) is 0 Å². The standard InChI is InChI=1S/C14H13BrO2S/c15-14-6-4-11(5-7-14)8-12-2-1-3-13(9-12)10-18(16)17/h1-7,9,18H,8,10H2. The molecule has 18 heavy (non-hydrogen) atoms. The summed E-state index contributed by atoms with van der Waals surface area (Å²) in [6, 6.07) is 15.9. The molecule has 0 amide bonds. The molecular weight excluding hydrogens is 312 g/mol. The van der Waals surface area contributed by atoms with Gasteiger partial charge < -0.3 is 0 Å². The molecule has 2 aromatic carbocycles. The van der Waals surface area contributed by atoms with E-state index in [-0.39, 0.29) is 5.75 Å². The Morgan fingerprint density at radius 1 is 0.889 bits per heavy atom. The van der Waals surface area contributed by atoms with Crippen LogP contribution in [0.15, 0.2) is 53.0 Å². The van der Waals surface area contributed by atoms with Gasteiger partial charge >= 0.3 is 0 Å². The average Bonchev–Trinajstić information content (AvgIpc) is 2.32. The zero-order valence-corrected chi connectivity index (χ0v) is 12.2. The van der Waals surface area contributed by atoms with E-state index in [4.69, 9.17) is 0 Å². The van der Waals surface area contributed by atoms with Gasteiger partial charge in [-0.25, -0.2) is 8.42 Å². The highest BCUT2D eigenvalue weighted by Crippen LogP contribution is 2.15. The summed E-state index contributed by atoms with van der Waals surface area (Å²) in [6.45, 7) is 0. The molecule has 0 bridgehead atoms. The van der Waals surface area contributed by atoms with Gasteiger partial charge in [0.1, 0.15) is 10.7 Å². The van der Waals surface area contributed by atoms with Crippen molar-refractivity contribution in [3.8, 4) is 0 Å². The van der Waals surface area contributed by atoms with E-state index in [2.05, 4.69) is 28.1 Å². The molecule has 2 rings (SSSR count). The zero-order valence-electron chi connectivity index (χ0n) is 9.67. The summed E-state index contributed by atoms with van der Waals surface area (Å²) in [5, 5.41) is 0. The molecule has 4 heteroatoms. The predicted octanol–water partition coefficient (Wildman–Crippen LogP) is 3.15. The second-order valence-corrected chi connectivity index (χ2v) is 6.01. The van der Waals surface area contributed by atoms with Crippen molar-refractivity contribution in [1.82, 2.24) is 0 Å². The maximum absolute atomic E-state index is 10.7. The highest BCUT2D eigenvalue weighted by atomic mass is 79.9. The second kappa shape index (κ2) is 6.16. The Labute approximate surface area is 117 Å². The van der Waals surface area contributed by atoms with Gasteiger partial charge in [0, 0.05) is 4.47 Å². The van der Waals surface area contributed by atoms with Crippen LogP contribution in [0.3, 0.4) is 0 Å². The van der Waals surface area contributed by atoms with E-state index in [1.165, 1.54) is 5.56 Å². The first kappa shape index (κ1) is 13.3. The van der Waals surface area contributed by atoms with Gasteiger partial charge in [0.25, 0.3) is 0 Å². The fourth-order valence-electron chi connectivity index (χ4n) is 1.82. The molecule has 0 aliphatic carbocycles. The predicted molar refractivity (Wildman–Crippen MR) is 77.4 cm³/mol. The van der Waals surface area contributed by atoms with E-state index in [9.17, 15) is 8.42 Å². The molecule has 0 saturated carbocycles. The first-order valence-corrected chi connectivity index (χ1v) is 7.73. The number of benzene rings is 2. The highest BCUT2D eigenvalue weighted by molar-refractivity contribution is 9.10. The van der Waals surface area contributed by atoms with Crippen LogP contribution in [-0.4, -0.2) is 8.42 Å². The molecule has 0 N–H and O–H groups in total. The lowest BCUT2D eigenvalue weighted by Crippen LogP contribution is -1.92. The summed E-state index contributed by atoms with van der Waals surface area (Å²) >= 11 is 3.40. The Hall–Kier alpha value is -1.13. The van der Waals surface area contributed by atoms with Gasteiger partial charge in [0.15, 0.2) is 0 Å². The molecule has 0 heterocycles. The summed E-state index contributed by atoms with van der Waals surface area (Å²) in [7, 11) is -2.36. The Balaban J connectivity index is 2.16. The molecule has 0 saturated heterocycles. The fourth-order valence-corrected chi connectivity index (χ4v) is 2.58. The molecule has 0 spiro atoms. The highest BCUT2D eigenvalue weighted by Gasteiger charge is 1.99. The van der Waals surface area contributed by atoms with E-state index < -0.39 is 10.7 Å². The van der Waals surface area contributed by atoms with Crippen LogP contribution >= 0.6 is 15.9 Å². The van der Waals surface area contributed by atoms with Crippen molar-refractivity contribution >= 4 is 26.6 Å². The largest absolute Gasteiger partial charge is 0.232 e. The number of thiol groups is 1. The Bertz CT molecular complexity index is 595. The van der Waals surface area contributed by atoms with Crippen LogP contribution in [0, 0.1) is 0 Å². The zero-order chi connectivity index (χ0) is 13.0. The Kier molecular flexibility index (Phi) is 4.55. The van der Waals surface area contributed by atoms with Crippen molar-refractivity contribution in [3.63, 3.8) is 0 Å². The number of rotatable bonds is 4. The maximum atomic E-state index is 10.7. The van der Waals surface area contributed by atoms with E-state index in [1.54, 1.807) is 0 Å². The molecule has 94 valence electrons. The van der Waals surface area contributed by atoms with E-state index in [0.29, 0.717) is 0 Å². The summed E-state index contributed by atoms with van der Waals surface area (Å²) in [4.78, 5) is 0. The normalized spacial score (nSPS) is 10.8. The first-order valence-electron chi connectivity index (χ1n) is 5.57. The number of hydrogen-bond donors (Lipinski definition) is 1. The summed E-state index contributed by atoms with van der Waals surface area (Å²) in [6.07, 6.45) is 0.816. The van der Waals surface area contributed by atoms with Gasteiger partial charge in [-0.05, 0) is 35.2 Å². The van der Waals surface area contributed by atoms with Crippen molar-refractivity contribution in [2.45, 2.75) is 12.2 Å². The molecule has 0 unspecified atom stereocenters. The summed E-state index contributed by atoms with van der Waals surface area (Å²) in [5.41, 5.74) is 3.19. The lowest BCUT2D eigenvalue weighted by molar-refractivity contribution is 0.614. The van der Waals surface area contributed by atoms with Crippen LogP contribution in [0.2, 0.25) is 0 Å². The van der Waals surface area contributed by atoms with Crippen molar-refractivity contribution in [1.29, 1.82) is 0 Å². The third-order valence-corrected chi connectivity index (χ3v) is 3.78. The van der Waals surface area contributed by atoms with Crippen LogP contribution in [-0.2, 0) is 22.9 Å². The van der Waals surface area contributed by atoms with E-state index in [1.807, 2.05) is 36.4 Å². The number of hydrogen-bond acceptors (Lipinski definition) is 2. The average molecular weight is 325 g/mol. The monoisotopic (exact) mass is 324 g/mol. The molecule has 0 atom stereocenters. The SMILES string of the molecule is O=[SH](=O)Cc1cccc(Cc2ccc(Br)cc2)c1. The van der Waals surface area contributed by atoms with Crippen LogP contribution in [0.5, 0.6) is 0 Å². The third-order valence-electron chi connectivity index (χ3n) is 2.62. The number of halogens is 1. The van der Waals surface area contributed by atoms with Crippen molar-refractivity contribution in [2.75, 3.05) is 0 Å².